The molecule has 1 aromatic carbocycles. The minimum atomic E-state index is -4.37. The van der Waals surface area contributed by atoms with Crippen molar-refractivity contribution in [1.82, 2.24) is 10.6 Å². The van der Waals surface area contributed by atoms with Gasteiger partial charge < -0.3 is 10.6 Å². The van der Waals surface area contributed by atoms with Gasteiger partial charge in [0.05, 0.1) is 11.6 Å². The van der Waals surface area contributed by atoms with E-state index in [-0.39, 0.29) is 30.2 Å². The van der Waals surface area contributed by atoms with E-state index in [0.717, 1.165) is 25.0 Å². The van der Waals surface area contributed by atoms with Gasteiger partial charge in [-0.1, -0.05) is 12.1 Å². The molecule has 0 bridgehead atoms. The maximum Gasteiger partial charge on any atom is 0.416 e. The minimum Gasteiger partial charge on any atom is -0.356 e. The van der Waals surface area contributed by atoms with E-state index in [2.05, 4.69) is 10.6 Å². The molecule has 4 nitrogen and oxygen atoms in total. The van der Waals surface area contributed by atoms with Crippen LogP contribution in [-0.4, -0.2) is 18.4 Å². The number of halogens is 3. The lowest BCUT2D eigenvalue weighted by atomic mass is 10.1. The predicted molar refractivity (Wildman–Crippen MR) is 83.0 cm³/mol. The Bertz CT molecular complexity index is 580. The number of hydrogen-bond donors (Lipinski definition) is 2. The third-order valence-electron chi connectivity index (χ3n) is 3.94. The Morgan fingerprint density at radius 3 is 2.38 bits per heavy atom. The van der Waals surface area contributed by atoms with Crippen molar-refractivity contribution >= 4 is 11.8 Å². The molecular formula is C17H21F3N2O2. The fourth-order valence-corrected chi connectivity index (χ4v) is 2.31. The van der Waals surface area contributed by atoms with E-state index in [4.69, 9.17) is 0 Å². The van der Waals surface area contributed by atoms with Crippen LogP contribution in [0.15, 0.2) is 24.3 Å². The molecule has 1 aliphatic rings. The molecule has 1 fully saturated rings. The molecule has 1 aliphatic carbocycles. The topological polar surface area (TPSA) is 58.2 Å². The van der Waals surface area contributed by atoms with Gasteiger partial charge in [-0.2, -0.15) is 13.2 Å². The second-order valence-corrected chi connectivity index (χ2v) is 6.08. The summed E-state index contributed by atoms with van der Waals surface area (Å²) in [5.41, 5.74) is -0.102. The fourth-order valence-electron chi connectivity index (χ4n) is 2.31. The number of carbonyl (C=O) groups excluding carboxylic acids is 2. The van der Waals surface area contributed by atoms with E-state index in [9.17, 15) is 22.8 Å². The van der Waals surface area contributed by atoms with Crippen LogP contribution in [0.4, 0.5) is 13.2 Å². The summed E-state index contributed by atoms with van der Waals surface area (Å²) in [5, 5.41) is 5.52. The Morgan fingerprint density at radius 1 is 1.21 bits per heavy atom. The number of benzene rings is 1. The first kappa shape index (κ1) is 18.3. The molecule has 2 amide bonds. The van der Waals surface area contributed by atoms with Gasteiger partial charge in [-0.25, -0.2) is 0 Å². The molecule has 0 spiro atoms. The Kier molecular flexibility index (Phi) is 5.85. The largest absolute Gasteiger partial charge is 0.416 e. The second kappa shape index (κ2) is 7.68. The third kappa shape index (κ3) is 5.54. The summed E-state index contributed by atoms with van der Waals surface area (Å²) in [6.07, 6.45) is -1.69. The van der Waals surface area contributed by atoms with E-state index < -0.39 is 11.7 Å². The normalized spacial score (nSPS) is 15.7. The first-order valence-corrected chi connectivity index (χ1v) is 8.01. The predicted octanol–water partition coefficient (Wildman–Crippen LogP) is 3.19. The molecule has 0 aromatic heterocycles. The lowest BCUT2D eigenvalue weighted by molar-refractivity contribution is -0.137. The maximum atomic E-state index is 12.5. The van der Waals surface area contributed by atoms with Crippen molar-refractivity contribution < 1.29 is 22.8 Å². The second-order valence-electron chi connectivity index (χ2n) is 6.08. The van der Waals surface area contributed by atoms with Crippen LogP contribution in [0, 0.1) is 5.92 Å². The maximum absolute atomic E-state index is 12.5. The van der Waals surface area contributed by atoms with Crippen LogP contribution in [0.1, 0.15) is 49.8 Å². The Morgan fingerprint density at radius 2 is 1.83 bits per heavy atom. The lowest BCUT2D eigenvalue weighted by Gasteiger charge is -2.15. The van der Waals surface area contributed by atoms with E-state index >= 15 is 0 Å². The van der Waals surface area contributed by atoms with Crippen LogP contribution >= 0.6 is 0 Å². The zero-order valence-corrected chi connectivity index (χ0v) is 13.5. The molecular weight excluding hydrogens is 321 g/mol. The van der Waals surface area contributed by atoms with E-state index in [1.54, 1.807) is 6.92 Å². The number of nitrogens with one attached hydrogen (secondary N) is 2. The molecule has 1 aromatic rings. The van der Waals surface area contributed by atoms with Gasteiger partial charge in [0.2, 0.25) is 11.8 Å². The van der Waals surface area contributed by atoms with Gasteiger partial charge in [0.15, 0.2) is 0 Å². The summed E-state index contributed by atoms with van der Waals surface area (Å²) in [7, 11) is 0. The van der Waals surface area contributed by atoms with Crippen molar-refractivity contribution in [1.29, 1.82) is 0 Å². The van der Waals surface area contributed by atoms with Crippen molar-refractivity contribution in [2.45, 2.75) is 44.8 Å². The molecule has 1 unspecified atom stereocenters. The van der Waals surface area contributed by atoms with Crippen LogP contribution in [0.25, 0.3) is 0 Å². The highest BCUT2D eigenvalue weighted by Crippen LogP contribution is 2.30. The van der Waals surface area contributed by atoms with Gasteiger partial charge in [0.25, 0.3) is 0 Å². The molecule has 0 heterocycles. The first-order chi connectivity index (χ1) is 11.3. The first-order valence-electron chi connectivity index (χ1n) is 8.01. The average Bonchev–Trinajstić information content (AvgIpc) is 3.35. The zero-order valence-electron chi connectivity index (χ0n) is 13.5. The summed E-state index contributed by atoms with van der Waals surface area (Å²) in [4.78, 5) is 23.3. The summed E-state index contributed by atoms with van der Waals surface area (Å²) in [5.74, 6) is 0.00937. The van der Waals surface area contributed by atoms with E-state index in [1.807, 2.05) is 0 Å². The fraction of sp³-hybridized carbons (Fsp3) is 0.529. The molecule has 2 rings (SSSR count). The van der Waals surface area contributed by atoms with Crippen molar-refractivity contribution in [2.75, 3.05) is 6.54 Å². The summed E-state index contributed by atoms with van der Waals surface area (Å²) < 4.78 is 37.5. The standard InChI is InChI=1S/C17H21F3N2O2/c1-11(12-6-8-14(9-7-12)17(18,19)20)22-15(23)3-2-10-21-16(24)13-4-5-13/h6-9,11,13H,2-5,10H2,1H3,(H,21,24)(H,22,23). The number of amides is 2. The van der Waals surface area contributed by atoms with Crippen LogP contribution < -0.4 is 10.6 Å². The average molecular weight is 342 g/mol. The van der Waals surface area contributed by atoms with Crippen molar-refractivity contribution in [3.63, 3.8) is 0 Å². The highest BCUT2D eigenvalue weighted by Gasteiger charge is 2.30. The van der Waals surface area contributed by atoms with Crippen molar-refractivity contribution in [2.24, 2.45) is 5.92 Å². The summed E-state index contributed by atoms with van der Waals surface area (Å²) >= 11 is 0. The number of hydrogen-bond acceptors (Lipinski definition) is 2. The highest BCUT2D eigenvalue weighted by molar-refractivity contribution is 5.81. The quantitative estimate of drug-likeness (QED) is 0.748. The van der Waals surface area contributed by atoms with Crippen LogP contribution in [0.2, 0.25) is 0 Å². The smallest absolute Gasteiger partial charge is 0.356 e. The molecule has 24 heavy (non-hydrogen) atoms. The minimum absolute atomic E-state index is 0.0496. The molecule has 0 radical (unpaired) electrons. The molecule has 0 aliphatic heterocycles. The third-order valence-corrected chi connectivity index (χ3v) is 3.94. The SMILES string of the molecule is CC(NC(=O)CCCNC(=O)C1CC1)c1ccc(C(F)(F)F)cc1. The van der Waals surface area contributed by atoms with Crippen LogP contribution in [-0.2, 0) is 15.8 Å². The summed E-state index contributed by atoms with van der Waals surface area (Å²) in [6, 6.07) is 4.37. The van der Waals surface area contributed by atoms with Gasteiger partial charge in [-0.3, -0.25) is 9.59 Å². The Balaban J connectivity index is 1.71. The molecule has 0 saturated heterocycles. The Labute approximate surface area is 138 Å². The summed E-state index contributed by atoms with van der Waals surface area (Å²) in [6.45, 7) is 2.17. The van der Waals surface area contributed by atoms with Gasteiger partial charge in [-0.15, -0.1) is 0 Å². The number of alkyl halides is 3. The van der Waals surface area contributed by atoms with Gasteiger partial charge in [0, 0.05) is 18.9 Å². The Hall–Kier alpha value is -2.05. The van der Waals surface area contributed by atoms with E-state index in [1.165, 1.54) is 12.1 Å². The molecule has 7 heteroatoms. The van der Waals surface area contributed by atoms with Gasteiger partial charge in [-0.05, 0) is 43.9 Å². The molecule has 132 valence electrons. The van der Waals surface area contributed by atoms with Crippen molar-refractivity contribution in [3.05, 3.63) is 35.4 Å². The number of rotatable bonds is 7. The molecule has 2 N–H and O–H groups in total. The van der Waals surface area contributed by atoms with Crippen LogP contribution in [0.5, 0.6) is 0 Å². The molecule has 1 atom stereocenters. The van der Waals surface area contributed by atoms with Crippen molar-refractivity contribution in [3.8, 4) is 0 Å². The number of carbonyl (C=O) groups is 2. The van der Waals surface area contributed by atoms with Gasteiger partial charge >= 0.3 is 6.18 Å². The zero-order chi connectivity index (χ0) is 17.7. The van der Waals surface area contributed by atoms with E-state index in [0.29, 0.717) is 18.5 Å². The van der Waals surface area contributed by atoms with Crippen LogP contribution in [0.3, 0.4) is 0 Å². The highest BCUT2D eigenvalue weighted by atomic mass is 19.4. The lowest BCUT2D eigenvalue weighted by Crippen LogP contribution is -2.29. The monoisotopic (exact) mass is 342 g/mol. The molecule has 1 saturated carbocycles. The van der Waals surface area contributed by atoms with Gasteiger partial charge in [0.1, 0.15) is 0 Å².